The quantitative estimate of drug-likeness (QED) is 0.0261. The lowest BCUT2D eigenvalue weighted by atomic mass is 10.0. The highest BCUT2D eigenvalue weighted by Crippen LogP contribution is 2.19. The van der Waals surface area contributed by atoms with Crippen LogP contribution in [0.2, 0.25) is 0 Å². The average molecular weight is 1130 g/mol. The van der Waals surface area contributed by atoms with E-state index in [1.165, 1.54) is 315 Å². The summed E-state index contributed by atoms with van der Waals surface area (Å²) >= 11 is 0. The van der Waals surface area contributed by atoms with Crippen molar-refractivity contribution in [3.8, 4) is 0 Å². The number of rotatable bonds is 68. The van der Waals surface area contributed by atoms with E-state index in [1.54, 1.807) is 0 Å². The minimum absolute atomic E-state index is 0.0656. The zero-order valence-electron chi connectivity index (χ0n) is 54.4. The molecule has 0 aromatic heterocycles. The first kappa shape index (κ1) is 77.9. The predicted octanol–water partition coefficient (Wildman–Crippen LogP) is 25.0. The van der Waals surface area contributed by atoms with Gasteiger partial charge in [0.15, 0.2) is 6.10 Å². The molecule has 0 fully saturated rings. The standard InChI is InChI=1S/C74H140O6/c1-4-7-10-13-16-19-22-24-26-28-30-31-32-33-34-35-36-37-38-39-40-41-42-43-45-46-48-50-52-55-58-61-64-67-73(76)79-70-71(69-78-72(75)66-63-60-57-54-21-18-15-12-9-6-3)80-74(77)68-65-62-59-56-53-51-49-47-44-29-27-25-23-20-17-14-11-8-5-2/h25,27-28,30,71H,4-24,26,29,31-70H2,1-3H3/b27-25-,30-28-. The summed E-state index contributed by atoms with van der Waals surface area (Å²) in [5.74, 6) is -0.839. The van der Waals surface area contributed by atoms with E-state index >= 15 is 0 Å². The third-order valence-corrected chi connectivity index (χ3v) is 16.7. The molecule has 0 aliphatic carbocycles. The van der Waals surface area contributed by atoms with E-state index in [2.05, 4.69) is 45.1 Å². The lowest BCUT2D eigenvalue weighted by Crippen LogP contribution is -2.30. The van der Waals surface area contributed by atoms with Gasteiger partial charge in [-0.15, -0.1) is 0 Å². The Morgan fingerprint density at radius 1 is 0.237 bits per heavy atom. The minimum atomic E-state index is -0.768. The zero-order chi connectivity index (χ0) is 57.8. The maximum absolute atomic E-state index is 12.9. The number of unbranched alkanes of at least 4 members (excludes halogenated alkanes) is 53. The molecule has 0 aromatic carbocycles. The molecule has 0 saturated carbocycles. The smallest absolute Gasteiger partial charge is 0.306 e. The molecule has 1 unspecified atom stereocenters. The molecule has 0 heterocycles. The highest BCUT2D eigenvalue weighted by molar-refractivity contribution is 5.71. The summed E-state index contributed by atoms with van der Waals surface area (Å²) in [6.45, 7) is 6.70. The number of carbonyl (C=O) groups is 3. The highest BCUT2D eigenvalue weighted by Gasteiger charge is 2.19. The van der Waals surface area contributed by atoms with Crippen molar-refractivity contribution in [3.63, 3.8) is 0 Å². The molecule has 0 aromatic rings. The van der Waals surface area contributed by atoms with E-state index in [0.717, 1.165) is 57.8 Å². The van der Waals surface area contributed by atoms with Crippen LogP contribution in [0.25, 0.3) is 0 Å². The second-order valence-electron chi connectivity index (χ2n) is 24.9. The van der Waals surface area contributed by atoms with Gasteiger partial charge < -0.3 is 14.2 Å². The Hall–Kier alpha value is -2.11. The van der Waals surface area contributed by atoms with Crippen molar-refractivity contribution in [1.29, 1.82) is 0 Å². The lowest BCUT2D eigenvalue weighted by Gasteiger charge is -2.18. The normalized spacial score (nSPS) is 12.1. The van der Waals surface area contributed by atoms with Crippen LogP contribution in [0.5, 0.6) is 0 Å². The van der Waals surface area contributed by atoms with Crippen molar-refractivity contribution < 1.29 is 28.6 Å². The van der Waals surface area contributed by atoms with Crippen LogP contribution in [-0.2, 0) is 28.6 Å². The molecular weight excluding hydrogens is 985 g/mol. The average Bonchev–Trinajstić information content (AvgIpc) is 3.46. The second kappa shape index (κ2) is 69.4. The lowest BCUT2D eigenvalue weighted by molar-refractivity contribution is -0.167. The second-order valence-corrected chi connectivity index (χ2v) is 24.9. The SMILES string of the molecule is CCCCCCCC/C=C\CCCCCCCCCCCC(=O)OC(COC(=O)CCCCCCCCCCCC)COC(=O)CCCCCCCCCCCCCCCCCCCCCCC/C=C\CCCCCCCCCC. The van der Waals surface area contributed by atoms with E-state index in [4.69, 9.17) is 14.2 Å². The van der Waals surface area contributed by atoms with E-state index in [9.17, 15) is 14.4 Å². The Kier molecular flexibility index (Phi) is 67.6. The summed E-state index contributed by atoms with van der Waals surface area (Å²) in [6.07, 6.45) is 85.2. The van der Waals surface area contributed by atoms with Crippen molar-refractivity contribution in [2.75, 3.05) is 13.2 Å². The predicted molar refractivity (Wildman–Crippen MR) is 349 cm³/mol. The van der Waals surface area contributed by atoms with Crippen molar-refractivity contribution in [3.05, 3.63) is 24.3 Å². The van der Waals surface area contributed by atoms with Gasteiger partial charge in [0.25, 0.3) is 0 Å². The van der Waals surface area contributed by atoms with Crippen molar-refractivity contribution in [1.82, 2.24) is 0 Å². The maximum Gasteiger partial charge on any atom is 0.306 e. The summed E-state index contributed by atoms with van der Waals surface area (Å²) in [6, 6.07) is 0. The molecule has 0 rings (SSSR count). The van der Waals surface area contributed by atoms with Crippen molar-refractivity contribution in [2.45, 2.75) is 419 Å². The van der Waals surface area contributed by atoms with Crippen LogP contribution in [0.4, 0.5) is 0 Å². The van der Waals surface area contributed by atoms with Gasteiger partial charge in [0.05, 0.1) is 0 Å². The largest absolute Gasteiger partial charge is 0.462 e. The first-order valence-electron chi connectivity index (χ1n) is 36.3. The number of hydrogen-bond donors (Lipinski definition) is 0. The van der Waals surface area contributed by atoms with Gasteiger partial charge in [-0.05, 0) is 70.6 Å². The summed E-state index contributed by atoms with van der Waals surface area (Å²) < 4.78 is 17.0. The van der Waals surface area contributed by atoms with Crippen LogP contribution in [0, 0.1) is 0 Å². The number of esters is 3. The Morgan fingerprint density at radius 3 is 0.625 bits per heavy atom. The van der Waals surface area contributed by atoms with Gasteiger partial charge in [0, 0.05) is 19.3 Å². The Morgan fingerprint density at radius 2 is 0.412 bits per heavy atom. The molecule has 0 N–H and O–H groups in total. The van der Waals surface area contributed by atoms with E-state index in [1.807, 2.05) is 0 Å². The van der Waals surface area contributed by atoms with Crippen molar-refractivity contribution in [2.24, 2.45) is 0 Å². The summed E-state index contributed by atoms with van der Waals surface area (Å²) in [7, 11) is 0. The molecule has 0 amide bonds. The third-order valence-electron chi connectivity index (χ3n) is 16.7. The van der Waals surface area contributed by atoms with Crippen LogP contribution in [0.15, 0.2) is 24.3 Å². The van der Waals surface area contributed by atoms with Crippen LogP contribution < -0.4 is 0 Å². The number of hydrogen-bond acceptors (Lipinski definition) is 6. The topological polar surface area (TPSA) is 78.9 Å². The van der Waals surface area contributed by atoms with Gasteiger partial charge in [0.2, 0.25) is 0 Å². The van der Waals surface area contributed by atoms with E-state index < -0.39 is 6.10 Å². The zero-order valence-corrected chi connectivity index (χ0v) is 54.4. The fourth-order valence-corrected chi connectivity index (χ4v) is 11.2. The van der Waals surface area contributed by atoms with Crippen LogP contribution in [-0.4, -0.2) is 37.2 Å². The van der Waals surface area contributed by atoms with Crippen LogP contribution >= 0.6 is 0 Å². The first-order valence-corrected chi connectivity index (χ1v) is 36.3. The molecule has 0 spiro atoms. The van der Waals surface area contributed by atoms with E-state index in [-0.39, 0.29) is 31.1 Å². The minimum Gasteiger partial charge on any atom is -0.462 e. The molecule has 0 bridgehead atoms. The summed E-state index contributed by atoms with van der Waals surface area (Å²) in [5, 5.41) is 0. The van der Waals surface area contributed by atoms with Gasteiger partial charge in [-0.2, -0.15) is 0 Å². The molecule has 0 saturated heterocycles. The van der Waals surface area contributed by atoms with Gasteiger partial charge in [-0.25, -0.2) is 0 Å². The monoisotopic (exact) mass is 1130 g/mol. The molecular formula is C74H140O6. The van der Waals surface area contributed by atoms with Gasteiger partial charge in [-0.1, -0.05) is 347 Å². The van der Waals surface area contributed by atoms with Crippen molar-refractivity contribution >= 4 is 17.9 Å². The molecule has 472 valence electrons. The molecule has 0 radical (unpaired) electrons. The van der Waals surface area contributed by atoms with Gasteiger partial charge in [0.1, 0.15) is 13.2 Å². The fraction of sp³-hybridized carbons (Fsp3) is 0.905. The maximum atomic E-state index is 12.9. The number of allylic oxidation sites excluding steroid dienone is 4. The van der Waals surface area contributed by atoms with Crippen LogP contribution in [0.3, 0.4) is 0 Å². The molecule has 0 aliphatic rings. The Balaban J connectivity index is 4.04. The third kappa shape index (κ3) is 66.7. The molecule has 80 heavy (non-hydrogen) atoms. The van der Waals surface area contributed by atoms with E-state index in [0.29, 0.717) is 19.3 Å². The van der Waals surface area contributed by atoms with Crippen LogP contribution in [0.1, 0.15) is 412 Å². The summed E-state index contributed by atoms with van der Waals surface area (Å²) in [4.78, 5) is 38.3. The molecule has 0 aliphatic heterocycles. The molecule has 1 atom stereocenters. The number of ether oxygens (including phenoxy) is 3. The van der Waals surface area contributed by atoms with Gasteiger partial charge in [-0.3, -0.25) is 14.4 Å². The highest BCUT2D eigenvalue weighted by atomic mass is 16.6. The molecule has 6 nitrogen and oxygen atoms in total. The molecule has 6 heteroatoms. The first-order chi connectivity index (χ1) is 39.5. The Labute approximate surface area is 500 Å². The summed E-state index contributed by atoms with van der Waals surface area (Å²) in [5.41, 5.74) is 0. The van der Waals surface area contributed by atoms with Gasteiger partial charge >= 0.3 is 17.9 Å². The Bertz CT molecular complexity index is 1290. The number of carbonyl (C=O) groups excluding carboxylic acids is 3. The fourth-order valence-electron chi connectivity index (χ4n) is 11.2.